The Labute approximate surface area is 160 Å². The monoisotopic (exact) mass is 380 g/mol. The molecular formula is C19H20N6OS. The van der Waals surface area contributed by atoms with Gasteiger partial charge in [0.1, 0.15) is 5.82 Å². The van der Waals surface area contributed by atoms with Gasteiger partial charge in [0, 0.05) is 44.3 Å². The second-order valence-electron chi connectivity index (χ2n) is 6.78. The molecule has 0 aliphatic carbocycles. The fourth-order valence-electron chi connectivity index (χ4n) is 3.65. The van der Waals surface area contributed by atoms with Crippen LogP contribution in [0.2, 0.25) is 0 Å². The number of hydrogen-bond acceptors (Lipinski definition) is 6. The molecule has 1 aromatic carbocycles. The maximum absolute atomic E-state index is 12.4. The Hall–Kier alpha value is -2.71. The van der Waals surface area contributed by atoms with Gasteiger partial charge in [-0.3, -0.25) is 9.30 Å². The topological polar surface area (TPSA) is 58.7 Å². The van der Waals surface area contributed by atoms with Gasteiger partial charge < -0.3 is 4.90 Å². The van der Waals surface area contributed by atoms with Crippen LogP contribution in [0.1, 0.15) is 0 Å². The van der Waals surface area contributed by atoms with Crippen LogP contribution in [0.5, 0.6) is 0 Å². The maximum atomic E-state index is 12.4. The molecule has 0 radical (unpaired) electrons. The lowest BCUT2D eigenvalue weighted by molar-refractivity contribution is 0.241. The summed E-state index contributed by atoms with van der Waals surface area (Å²) in [6.07, 6.45) is 3.53. The minimum Gasteiger partial charge on any atom is -0.353 e. The molecular weight excluding hydrogens is 360 g/mol. The summed E-state index contributed by atoms with van der Waals surface area (Å²) in [5.41, 5.74) is 0.755. The molecule has 0 N–H and O–H groups in total. The Kier molecular flexibility index (Phi) is 4.14. The number of nitrogens with zero attached hydrogens (tertiary/aromatic N) is 6. The van der Waals surface area contributed by atoms with Gasteiger partial charge in [0.2, 0.25) is 0 Å². The third-order valence-electron chi connectivity index (χ3n) is 5.19. The predicted molar refractivity (Wildman–Crippen MR) is 108 cm³/mol. The number of anilines is 1. The van der Waals surface area contributed by atoms with Crippen LogP contribution in [0.15, 0.2) is 53.6 Å². The van der Waals surface area contributed by atoms with Gasteiger partial charge in [-0.25, -0.2) is 9.48 Å². The molecule has 0 amide bonds. The minimum absolute atomic E-state index is 0.0786. The molecule has 4 aromatic rings. The summed E-state index contributed by atoms with van der Waals surface area (Å²) in [7, 11) is 0. The number of piperazine rings is 1. The van der Waals surface area contributed by atoms with Crippen molar-refractivity contribution in [2.75, 3.05) is 37.6 Å². The molecule has 0 bridgehead atoms. The Morgan fingerprint density at radius 3 is 2.74 bits per heavy atom. The fraction of sp³-hybridized carbons (Fsp3) is 0.316. The molecule has 0 saturated carbocycles. The smallest absolute Gasteiger partial charge is 0.349 e. The van der Waals surface area contributed by atoms with E-state index < -0.39 is 0 Å². The molecule has 27 heavy (non-hydrogen) atoms. The average Bonchev–Trinajstić information content (AvgIpc) is 3.35. The van der Waals surface area contributed by atoms with Gasteiger partial charge in [-0.05, 0) is 35.8 Å². The van der Waals surface area contributed by atoms with E-state index in [9.17, 15) is 4.79 Å². The number of benzene rings is 1. The molecule has 0 unspecified atom stereocenters. The number of rotatable bonds is 4. The summed E-state index contributed by atoms with van der Waals surface area (Å²) in [6, 6.07) is 12.2. The maximum Gasteiger partial charge on any atom is 0.349 e. The van der Waals surface area contributed by atoms with E-state index in [4.69, 9.17) is 0 Å². The zero-order valence-electron chi connectivity index (χ0n) is 14.9. The molecule has 8 heteroatoms. The highest BCUT2D eigenvalue weighted by molar-refractivity contribution is 7.13. The number of fused-ring (bicyclic) bond motifs is 2. The second kappa shape index (κ2) is 6.79. The summed E-state index contributed by atoms with van der Waals surface area (Å²) in [4.78, 5) is 17.2. The van der Waals surface area contributed by atoms with E-state index in [-0.39, 0.29) is 5.69 Å². The van der Waals surface area contributed by atoms with E-state index in [1.165, 1.54) is 10.1 Å². The molecule has 138 valence electrons. The van der Waals surface area contributed by atoms with E-state index in [0.29, 0.717) is 6.54 Å². The first-order valence-electron chi connectivity index (χ1n) is 9.14. The van der Waals surface area contributed by atoms with Crippen molar-refractivity contribution >= 4 is 33.0 Å². The Morgan fingerprint density at radius 2 is 1.85 bits per heavy atom. The second-order valence-corrected chi connectivity index (χ2v) is 7.59. The molecule has 5 rings (SSSR count). The van der Waals surface area contributed by atoms with Crippen LogP contribution in [0, 0.1) is 0 Å². The Bertz CT molecular complexity index is 1140. The third-order valence-corrected chi connectivity index (χ3v) is 6.01. The van der Waals surface area contributed by atoms with Gasteiger partial charge in [0.05, 0.1) is 23.0 Å². The van der Waals surface area contributed by atoms with Crippen molar-refractivity contribution in [3.05, 3.63) is 59.3 Å². The van der Waals surface area contributed by atoms with E-state index in [1.54, 1.807) is 33.0 Å². The number of hydrogen-bond donors (Lipinski definition) is 0. The highest BCUT2D eigenvalue weighted by atomic mass is 32.1. The molecule has 1 saturated heterocycles. The summed E-state index contributed by atoms with van der Waals surface area (Å²) >= 11 is 1.57. The lowest BCUT2D eigenvalue weighted by Gasteiger charge is -2.35. The quantitative estimate of drug-likeness (QED) is 0.541. The Morgan fingerprint density at radius 1 is 1.00 bits per heavy atom. The Balaban J connectivity index is 1.23. The third kappa shape index (κ3) is 3.00. The lowest BCUT2D eigenvalue weighted by atomic mass is 10.2. The first-order chi connectivity index (χ1) is 13.3. The van der Waals surface area contributed by atoms with Gasteiger partial charge in [0.25, 0.3) is 0 Å². The molecule has 3 aromatic heterocycles. The van der Waals surface area contributed by atoms with Crippen LogP contribution in [0.3, 0.4) is 0 Å². The van der Waals surface area contributed by atoms with Crippen molar-refractivity contribution in [1.82, 2.24) is 23.5 Å². The van der Waals surface area contributed by atoms with Crippen LogP contribution in [0.4, 0.5) is 5.82 Å². The van der Waals surface area contributed by atoms with Crippen molar-refractivity contribution in [3.63, 3.8) is 0 Å². The predicted octanol–water partition coefficient (Wildman–Crippen LogP) is 1.93. The summed E-state index contributed by atoms with van der Waals surface area (Å²) in [6.45, 7) is 5.26. The van der Waals surface area contributed by atoms with Crippen molar-refractivity contribution in [2.45, 2.75) is 6.54 Å². The van der Waals surface area contributed by atoms with Gasteiger partial charge in [0.15, 0.2) is 0 Å². The summed E-state index contributed by atoms with van der Waals surface area (Å²) < 4.78 is 9.09. The first-order valence-corrected chi connectivity index (χ1v) is 9.92. The highest BCUT2D eigenvalue weighted by Gasteiger charge is 2.20. The van der Waals surface area contributed by atoms with Gasteiger partial charge in [-0.1, -0.05) is 12.1 Å². The van der Waals surface area contributed by atoms with Crippen LogP contribution in [-0.4, -0.2) is 56.2 Å². The van der Waals surface area contributed by atoms with Crippen LogP contribution < -0.4 is 10.6 Å². The zero-order chi connectivity index (χ0) is 18.2. The first kappa shape index (κ1) is 16.5. The molecule has 0 spiro atoms. The van der Waals surface area contributed by atoms with Gasteiger partial charge in [-0.2, -0.15) is 9.47 Å². The SMILES string of the molecule is O=c1n(CCN2CCN(c3nsc4ccccc34)CC2)ncc2cccn12. The standard InChI is InChI=1S/C19H20N6OS/c26-19-24-7-3-4-15(24)14-20-25(19)13-10-22-8-11-23(12-9-22)18-16-5-1-2-6-17(16)27-21-18/h1-7,14H,8-13H2. The molecule has 7 nitrogen and oxygen atoms in total. The van der Waals surface area contributed by atoms with E-state index in [0.717, 1.165) is 44.1 Å². The van der Waals surface area contributed by atoms with Crippen LogP contribution in [-0.2, 0) is 6.54 Å². The summed E-state index contributed by atoms with van der Waals surface area (Å²) in [5.74, 6) is 1.10. The van der Waals surface area contributed by atoms with E-state index >= 15 is 0 Å². The van der Waals surface area contributed by atoms with Crippen molar-refractivity contribution in [2.24, 2.45) is 0 Å². The molecule has 4 heterocycles. The largest absolute Gasteiger partial charge is 0.353 e. The van der Waals surface area contributed by atoms with E-state index in [2.05, 4.69) is 43.5 Å². The number of aromatic nitrogens is 4. The molecule has 0 atom stereocenters. The van der Waals surface area contributed by atoms with Gasteiger partial charge in [-0.15, -0.1) is 0 Å². The summed E-state index contributed by atoms with van der Waals surface area (Å²) in [5, 5.41) is 5.53. The highest BCUT2D eigenvalue weighted by Crippen LogP contribution is 2.29. The van der Waals surface area contributed by atoms with E-state index in [1.807, 2.05) is 12.1 Å². The van der Waals surface area contributed by atoms with Crippen LogP contribution >= 0.6 is 11.5 Å². The van der Waals surface area contributed by atoms with Crippen molar-refractivity contribution in [3.8, 4) is 0 Å². The van der Waals surface area contributed by atoms with Crippen LogP contribution in [0.25, 0.3) is 15.6 Å². The zero-order valence-corrected chi connectivity index (χ0v) is 15.7. The lowest BCUT2D eigenvalue weighted by Crippen LogP contribution is -2.48. The molecule has 1 aliphatic heterocycles. The fourth-order valence-corrected chi connectivity index (χ4v) is 4.45. The minimum atomic E-state index is -0.0786. The molecule has 1 fully saturated rings. The average molecular weight is 380 g/mol. The van der Waals surface area contributed by atoms with Crippen molar-refractivity contribution in [1.29, 1.82) is 0 Å². The molecule has 1 aliphatic rings. The van der Waals surface area contributed by atoms with Crippen molar-refractivity contribution < 1.29 is 0 Å². The normalized spacial score (nSPS) is 15.8. The van der Waals surface area contributed by atoms with Gasteiger partial charge >= 0.3 is 5.69 Å².